The quantitative estimate of drug-likeness (QED) is 0.792. The van der Waals surface area contributed by atoms with Crippen molar-refractivity contribution in [1.82, 2.24) is 4.90 Å². The van der Waals surface area contributed by atoms with E-state index < -0.39 is 11.6 Å². The summed E-state index contributed by atoms with van der Waals surface area (Å²) in [5, 5.41) is 0. The fourth-order valence-electron chi connectivity index (χ4n) is 5.35. The number of rotatable bonds is 3. The van der Waals surface area contributed by atoms with Crippen molar-refractivity contribution in [3.8, 4) is 5.75 Å². The van der Waals surface area contributed by atoms with E-state index >= 15 is 0 Å². The van der Waals surface area contributed by atoms with Gasteiger partial charge in [0, 0.05) is 12.1 Å². The topological polar surface area (TPSA) is 12.5 Å². The van der Waals surface area contributed by atoms with Gasteiger partial charge in [0.1, 0.15) is 5.75 Å². The largest absolute Gasteiger partial charge is 0.497 e. The van der Waals surface area contributed by atoms with Crippen LogP contribution in [0.15, 0.2) is 12.1 Å². The van der Waals surface area contributed by atoms with E-state index in [1.165, 1.54) is 39.2 Å². The Balaban J connectivity index is 1.42. The summed E-state index contributed by atoms with van der Waals surface area (Å²) < 4.78 is 33.1. The van der Waals surface area contributed by atoms with Gasteiger partial charge in [-0.15, -0.1) is 0 Å². The summed E-state index contributed by atoms with van der Waals surface area (Å²) in [5.41, 5.74) is 0.496. The minimum atomic E-state index is -0.796. The molecule has 2 saturated carbocycles. The van der Waals surface area contributed by atoms with Gasteiger partial charge in [0.2, 0.25) is 0 Å². The van der Waals surface area contributed by atoms with Gasteiger partial charge in [0.15, 0.2) is 11.6 Å². The molecular formula is C20H27F2NO. The average Bonchev–Trinajstić information content (AvgIpc) is 2.95. The second-order valence-electron chi connectivity index (χ2n) is 7.99. The Morgan fingerprint density at radius 2 is 1.62 bits per heavy atom. The first-order chi connectivity index (χ1) is 11.6. The summed E-state index contributed by atoms with van der Waals surface area (Å²) in [6.07, 6.45) is 8.82. The number of methoxy groups -OCH3 is 1. The lowest BCUT2D eigenvalue weighted by molar-refractivity contribution is 0.0978. The van der Waals surface area contributed by atoms with Crippen LogP contribution in [-0.2, 0) is 0 Å². The van der Waals surface area contributed by atoms with Crippen LogP contribution in [0.4, 0.5) is 8.78 Å². The number of hydrogen-bond donors (Lipinski definition) is 0. The van der Waals surface area contributed by atoms with E-state index in [9.17, 15) is 8.78 Å². The number of benzene rings is 1. The van der Waals surface area contributed by atoms with Gasteiger partial charge in [-0.2, -0.15) is 0 Å². The van der Waals surface area contributed by atoms with E-state index in [2.05, 4.69) is 4.90 Å². The molecule has 0 spiro atoms. The third-order valence-corrected chi connectivity index (χ3v) is 6.61. The second kappa shape index (κ2) is 6.62. The summed E-state index contributed by atoms with van der Waals surface area (Å²) >= 11 is 0. The summed E-state index contributed by atoms with van der Waals surface area (Å²) in [6, 6.07) is 3.54. The number of halogens is 2. The minimum Gasteiger partial charge on any atom is -0.497 e. The fraction of sp³-hybridized carbons (Fsp3) is 0.700. The molecule has 4 rings (SSSR count). The van der Waals surface area contributed by atoms with E-state index in [-0.39, 0.29) is 5.92 Å². The Bertz CT molecular complexity index is 586. The third-order valence-electron chi connectivity index (χ3n) is 6.61. The number of hydrogen-bond acceptors (Lipinski definition) is 2. The van der Waals surface area contributed by atoms with Crippen molar-refractivity contribution in [1.29, 1.82) is 0 Å². The molecule has 0 amide bonds. The predicted octanol–water partition coefficient (Wildman–Crippen LogP) is 4.73. The molecule has 3 aliphatic rings. The molecule has 2 bridgehead atoms. The van der Waals surface area contributed by atoms with Gasteiger partial charge in [-0.25, -0.2) is 8.78 Å². The van der Waals surface area contributed by atoms with Crippen LogP contribution >= 0.6 is 0 Å². The molecule has 132 valence electrons. The van der Waals surface area contributed by atoms with Crippen LogP contribution in [0, 0.1) is 23.5 Å². The molecule has 2 nitrogen and oxygen atoms in total. The molecular weight excluding hydrogens is 308 g/mol. The van der Waals surface area contributed by atoms with E-state index in [0.717, 1.165) is 49.9 Å². The van der Waals surface area contributed by atoms with Crippen molar-refractivity contribution in [3.63, 3.8) is 0 Å². The fourth-order valence-corrected chi connectivity index (χ4v) is 5.35. The van der Waals surface area contributed by atoms with Gasteiger partial charge in [-0.1, -0.05) is 12.8 Å². The van der Waals surface area contributed by atoms with Crippen LogP contribution in [-0.4, -0.2) is 31.1 Å². The molecule has 1 saturated heterocycles. The molecule has 0 aromatic heterocycles. The maximum atomic E-state index is 14.2. The zero-order valence-electron chi connectivity index (χ0n) is 14.4. The number of ether oxygens (including phenoxy) is 1. The van der Waals surface area contributed by atoms with Crippen LogP contribution in [0.25, 0.3) is 0 Å². The minimum absolute atomic E-state index is 0.103. The van der Waals surface area contributed by atoms with Crippen LogP contribution in [0.1, 0.15) is 56.4 Å². The number of piperidine rings is 1. The first-order valence-corrected chi connectivity index (χ1v) is 9.41. The van der Waals surface area contributed by atoms with Gasteiger partial charge < -0.3 is 9.64 Å². The van der Waals surface area contributed by atoms with E-state index in [0.29, 0.717) is 11.3 Å². The third kappa shape index (κ3) is 3.05. The monoisotopic (exact) mass is 335 g/mol. The lowest BCUT2D eigenvalue weighted by Gasteiger charge is -2.41. The lowest BCUT2D eigenvalue weighted by Crippen LogP contribution is -2.43. The summed E-state index contributed by atoms with van der Waals surface area (Å²) in [7, 11) is 1.50. The second-order valence-corrected chi connectivity index (χ2v) is 7.99. The molecule has 3 fully saturated rings. The Morgan fingerprint density at radius 3 is 2.25 bits per heavy atom. The van der Waals surface area contributed by atoms with E-state index in [1.54, 1.807) is 6.07 Å². The standard InChI is InChI=1S/C20H27F2NO/c1-24-17-11-18(20(22)19(21)12-17)15-4-6-23(7-5-15)16-9-13-2-3-14(8-13)10-16/h11-16H,2-10H2,1H3. The number of fused-ring (bicyclic) bond motifs is 2. The molecule has 0 N–H and O–H groups in total. The molecule has 4 heteroatoms. The normalized spacial score (nSPS) is 31.4. The van der Waals surface area contributed by atoms with Crippen molar-refractivity contribution < 1.29 is 13.5 Å². The van der Waals surface area contributed by atoms with E-state index in [1.807, 2.05) is 0 Å². The van der Waals surface area contributed by atoms with Crippen molar-refractivity contribution in [3.05, 3.63) is 29.3 Å². The SMILES string of the molecule is COc1cc(F)c(F)c(C2CCN(C3CC4CCC(C4)C3)CC2)c1. The summed E-state index contributed by atoms with van der Waals surface area (Å²) in [5.74, 6) is 0.912. The number of likely N-dealkylation sites (tertiary alicyclic amines) is 1. The maximum absolute atomic E-state index is 14.2. The highest BCUT2D eigenvalue weighted by Gasteiger charge is 2.37. The Kier molecular flexibility index (Phi) is 4.50. The summed E-state index contributed by atoms with van der Waals surface area (Å²) in [6.45, 7) is 2.01. The predicted molar refractivity (Wildman–Crippen MR) is 90.3 cm³/mol. The first-order valence-electron chi connectivity index (χ1n) is 9.41. The van der Waals surface area contributed by atoms with Gasteiger partial charge in [-0.3, -0.25) is 0 Å². The molecule has 1 aromatic rings. The van der Waals surface area contributed by atoms with Gasteiger partial charge in [0.05, 0.1) is 7.11 Å². The van der Waals surface area contributed by atoms with Gasteiger partial charge in [0.25, 0.3) is 0 Å². The molecule has 1 aromatic carbocycles. The zero-order chi connectivity index (χ0) is 16.7. The highest BCUT2D eigenvalue weighted by molar-refractivity contribution is 5.33. The Labute approximate surface area is 143 Å². The molecule has 2 aliphatic carbocycles. The van der Waals surface area contributed by atoms with Crippen molar-refractivity contribution in [2.75, 3.05) is 20.2 Å². The van der Waals surface area contributed by atoms with Crippen molar-refractivity contribution in [2.24, 2.45) is 11.8 Å². The Morgan fingerprint density at radius 1 is 0.958 bits per heavy atom. The maximum Gasteiger partial charge on any atom is 0.162 e. The van der Waals surface area contributed by atoms with Crippen LogP contribution < -0.4 is 4.74 Å². The smallest absolute Gasteiger partial charge is 0.162 e. The first kappa shape index (κ1) is 16.3. The molecule has 1 heterocycles. The van der Waals surface area contributed by atoms with Crippen LogP contribution in [0.2, 0.25) is 0 Å². The van der Waals surface area contributed by atoms with Gasteiger partial charge in [-0.05, 0) is 74.6 Å². The molecule has 2 unspecified atom stereocenters. The van der Waals surface area contributed by atoms with Gasteiger partial charge >= 0.3 is 0 Å². The molecule has 1 aliphatic heterocycles. The zero-order valence-corrected chi connectivity index (χ0v) is 14.4. The summed E-state index contributed by atoms with van der Waals surface area (Å²) in [4.78, 5) is 2.62. The van der Waals surface area contributed by atoms with E-state index in [4.69, 9.17) is 4.74 Å². The van der Waals surface area contributed by atoms with Crippen LogP contribution in [0.5, 0.6) is 5.75 Å². The molecule has 24 heavy (non-hydrogen) atoms. The van der Waals surface area contributed by atoms with Crippen molar-refractivity contribution in [2.45, 2.75) is 56.9 Å². The highest BCUT2D eigenvalue weighted by atomic mass is 19.2. The highest BCUT2D eigenvalue weighted by Crippen LogP contribution is 2.44. The van der Waals surface area contributed by atoms with Crippen LogP contribution in [0.3, 0.4) is 0 Å². The van der Waals surface area contributed by atoms with Crippen molar-refractivity contribution >= 4 is 0 Å². The molecule has 0 radical (unpaired) electrons. The Hall–Kier alpha value is -1.16. The number of nitrogens with zero attached hydrogens (tertiary/aromatic N) is 1. The molecule has 2 atom stereocenters. The average molecular weight is 335 g/mol. The lowest BCUT2D eigenvalue weighted by atomic mass is 9.82.